The Morgan fingerprint density at radius 1 is 1.11 bits per heavy atom. The Bertz CT molecular complexity index is 773. The van der Waals surface area contributed by atoms with E-state index in [2.05, 4.69) is 27.9 Å². The molecular weight excluding hydrogens is 457 g/mol. The molecule has 0 heterocycles. The number of nitrogens with one attached hydrogen (secondary N) is 1. The first kappa shape index (κ1) is 21.2. The molecule has 0 saturated heterocycles. The van der Waals surface area contributed by atoms with Gasteiger partial charge in [-0.15, -0.1) is 0 Å². The average Bonchev–Trinajstić information content (AvgIpc) is 2.60. The van der Waals surface area contributed by atoms with Crippen molar-refractivity contribution in [3.05, 3.63) is 63.7 Å². The average molecular weight is 481 g/mol. The molecule has 0 aliphatic heterocycles. The second kappa shape index (κ2) is 9.18. The van der Waals surface area contributed by atoms with Crippen LogP contribution in [-0.4, -0.2) is 23.6 Å². The van der Waals surface area contributed by atoms with Crippen LogP contribution in [0.15, 0.2) is 54.6 Å². The zero-order valence-electron chi connectivity index (χ0n) is 15.6. The number of hydrogen-bond donors (Lipinski definition) is 2. The molecule has 0 radical (unpaired) electrons. The Kier molecular flexibility index (Phi) is 7.20. The van der Waals surface area contributed by atoms with Crippen LogP contribution in [0.4, 0.5) is 10.5 Å². The first-order valence-electron chi connectivity index (χ1n) is 8.53. The number of rotatable bonds is 5. The molecule has 0 spiro atoms. The summed E-state index contributed by atoms with van der Waals surface area (Å²) < 4.78 is 6.33. The monoisotopic (exact) mass is 481 g/mol. The number of hydrogen-bond acceptors (Lipinski definition) is 4. The maximum Gasteiger partial charge on any atom is 0.408 e. The molecule has 0 bridgehead atoms. The van der Waals surface area contributed by atoms with Crippen molar-refractivity contribution in [2.75, 3.05) is 5.01 Å². The molecular formula is C20H24IN3O3. The van der Waals surface area contributed by atoms with Gasteiger partial charge in [-0.3, -0.25) is 4.79 Å². The lowest BCUT2D eigenvalue weighted by Crippen LogP contribution is -2.53. The van der Waals surface area contributed by atoms with Gasteiger partial charge in [-0.1, -0.05) is 30.3 Å². The van der Waals surface area contributed by atoms with Crippen molar-refractivity contribution >= 4 is 40.3 Å². The summed E-state index contributed by atoms with van der Waals surface area (Å²) in [5.41, 5.74) is 0.788. The fourth-order valence-electron chi connectivity index (χ4n) is 2.40. The molecule has 0 saturated carbocycles. The summed E-state index contributed by atoms with van der Waals surface area (Å²) in [6, 6.07) is 15.8. The van der Waals surface area contributed by atoms with Gasteiger partial charge in [-0.25, -0.2) is 15.6 Å². The van der Waals surface area contributed by atoms with Crippen molar-refractivity contribution in [3.63, 3.8) is 0 Å². The minimum Gasteiger partial charge on any atom is -0.444 e. The quantitative estimate of drug-likeness (QED) is 0.296. The fraction of sp³-hybridized carbons (Fsp3) is 0.300. The van der Waals surface area contributed by atoms with E-state index in [-0.39, 0.29) is 0 Å². The highest BCUT2D eigenvalue weighted by Crippen LogP contribution is 2.16. The molecule has 0 aliphatic carbocycles. The van der Waals surface area contributed by atoms with Crippen LogP contribution in [0.3, 0.4) is 0 Å². The van der Waals surface area contributed by atoms with Gasteiger partial charge in [0, 0.05) is 9.99 Å². The minimum absolute atomic E-state index is 0.303. The number of carbonyl (C=O) groups is 2. The van der Waals surface area contributed by atoms with Gasteiger partial charge < -0.3 is 10.1 Å². The summed E-state index contributed by atoms with van der Waals surface area (Å²) in [6.07, 6.45) is -0.357. The molecule has 0 unspecified atom stereocenters. The molecule has 0 aliphatic rings. The molecule has 7 heteroatoms. The number of nitrogens with zero attached hydrogens (tertiary/aromatic N) is 1. The minimum atomic E-state index is -0.855. The molecule has 6 nitrogen and oxygen atoms in total. The number of alkyl carbamates (subject to hydrolysis) is 1. The number of ether oxygens (including phenoxy) is 1. The normalized spacial score (nSPS) is 12.2. The molecule has 3 N–H and O–H groups in total. The van der Waals surface area contributed by atoms with E-state index in [4.69, 9.17) is 10.6 Å². The predicted molar refractivity (Wildman–Crippen MR) is 114 cm³/mol. The summed E-state index contributed by atoms with van der Waals surface area (Å²) in [5, 5.41) is 3.71. The highest BCUT2D eigenvalue weighted by molar-refractivity contribution is 14.1. The van der Waals surface area contributed by atoms with E-state index in [0.29, 0.717) is 12.1 Å². The third-order valence-electron chi connectivity index (χ3n) is 3.61. The fourth-order valence-corrected chi connectivity index (χ4v) is 2.76. The summed E-state index contributed by atoms with van der Waals surface area (Å²) >= 11 is 2.18. The topological polar surface area (TPSA) is 84.7 Å². The van der Waals surface area contributed by atoms with Gasteiger partial charge in [0.1, 0.15) is 11.6 Å². The van der Waals surface area contributed by atoms with Crippen molar-refractivity contribution in [1.29, 1.82) is 0 Å². The number of nitrogens with two attached hydrogens (primary N) is 1. The highest BCUT2D eigenvalue weighted by Gasteiger charge is 2.28. The first-order valence-corrected chi connectivity index (χ1v) is 9.61. The van der Waals surface area contributed by atoms with Gasteiger partial charge in [0.25, 0.3) is 5.91 Å². The number of amides is 2. The number of hydrazine groups is 1. The summed E-state index contributed by atoms with van der Waals surface area (Å²) in [4.78, 5) is 25.2. The van der Waals surface area contributed by atoms with Crippen molar-refractivity contribution in [1.82, 2.24) is 5.32 Å². The second-order valence-corrected chi connectivity index (χ2v) is 8.32. The van der Waals surface area contributed by atoms with Crippen molar-refractivity contribution in [2.45, 2.75) is 38.8 Å². The van der Waals surface area contributed by atoms with Crippen molar-refractivity contribution in [3.8, 4) is 0 Å². The van der Waals surface area contributed by atoms with Gasteiger partial charge in [-0.2, -0.15) is 0 Å². The zero-order valence-corrected chi connectivity index (χ0v) is 17.8. The molecule has 1 atom stereocenters. The standard InChI is InChI=1S/C20H24IN3O3/c1-20(2,3)27-19(26)23-17(13-14-7-5-4-6-8-14)18(25)24(22)16-11-9-15(21)10-12-16/h4-12,17H,13,22H2,1-3H3,(H,23,26)/t17-/m0/s1. The van der Waals surface area contributed by atoms with Crippen LogP contribution in [0.1, 0.15) is 26.3 Å². The van der Waals surface area contributed by atoms with E-state index >= 15 is 0 Å². The first-order chi connectivity index (χ1) is 12.7. The van der Waals surface area contributed by atoms with E-state index in [1.165, 1.54) is 0 Å². The summed E-state index contributed by atoms with van der Waals surface area (Å²) in [5.74, 6) is 5.61. The third-order valence-corrected chi connectivity index (χ3v) is 4.33. The maximum atomic E-state index is 13.0. The van der Waals surface area contributed by atoms with Crippen LogP contribution < -0.4 is 16.2 Å². The van der Waals surface area contributed by atoms with E-state index in [0.717, 1.165) is 14.1 Å². The van der Waals surface area contributed by atoms with Crippen LogP contribution in [0.2, 0.25) is 0 Å². The van der Waals surface area contributed by atoms with Crippen LogP contribution in [0.25, 0.3) is 0 Å². The summed E-state index contributed by atoms with van der Waals surface area (Å²) in [7, 11) is 0. The number of benzene rings is 2. The van der Waals surface area contributed by atoms with Gasteiger partial charge in [0.2, 0.25) is 0 Å². The predicted octanol–water partition coefficient (Wildman–Crippen LogP) is 3.63. The molecule has 0 fully saturated rings. The van der Waals surface area contributed by atoms with E-state index in [1.54, 1.807) is 32.9 Å². The molecule has 2 rings (SSSR count). The molecule has 144 valence electrons. The van der Waals surface area contributed by atoms with E-state index < -0.39 is 23.6 Å². The summed E-state index contributed by atoms with van der Waals surface area (Å²) in [6.45, 7) is 5.30. The van der Waals surface area contributed by atoms with Crippen LogP contribution in [0, 0.1) is 3.57 Å². The van der Waals surface area contributed by atoms with Crippen molar-refractivity contribution in [2.24, 2.45) is 5.84 Å². The highest BCUT2D eigenvalue weighted by atomic mass is 127. The molecule has 2 aromatic carbocycles. The largest absolute Gasteiger partial charge is 0.444 e. The zero-order chi connectivity index (χ0) is 20.0. The van der Waals surface area contributed by atoms with Gasteiger partial charge in [-0.05, 0) is 73.2 Å². The molecule has 0 aromatic heterocycles. The third kappa shape index (κ3) is 6.84. The van der Waals surface area contributed by atoms with Gasteiger partial charge in [0.05, 0.1) is 5.69 Å². The smallest absolute Gasteiger partial charge is 0.408 e. The number of anilines is 1. The number of halogens is 1. The Hall–Kier alpha value is -2.13. The SMILES string of the molecule is CC(C)(C)OC(=O)N[C@@H](Cc1ccccc1)C(=O)N(N)c1ccc(I)cc1. The lowest BCUT2D eigenvalue weighted by molar-refractivity contribution is -0.120. The Labute approximate surface area is 173 Å². The van der Waals surface area contributed by atoms with E-state index in [1.807, 2.05) is 42.5 Å². The van der Waals surface area contributed by atoms with Crippen LogP contribution in [-0.2, 0) is 16.0 Å². The second-order valence-electron chi connectivity index (χ2n) is 7.07. The van der Waals surface area contributed by atoms with Crippen molar-refractivity contribution < 1.29 is 14.3 Å². The Morgan fingerprint density at radius 3 is 2.26 bits per heavy atom. The lowest BCUT2D eigenvalue weighted by atomic mass is 10.1. The molecule has 2 aromatic rings. The Balaban J connectivity index is 2.20. The van der Waals surface area contributed by atoms with Crippen LogP contribution in [0.5, 0.6) is 0 Å². The molecule has 2 amide bonds. The maximum absolute atomic E-state index is 13.0. The molecule has 27 heavy (non-hydrogen) atoms. The number of carbonyl (C=O) groups excluding carboxylic acids is 2. The van der Waals surface area contributed by atoms with E-state index in [9.17, 15) is 9.59 Å². The van der Waals surface area contributed by atoms with Crippen LogP contribution >= 0.6 is 22.6 Å². The Morgan fingerprint density at radius 2 is 1.70 bits per heavy atom. The van der Waals surface area contributed by atoms with Gasteiger partial charge >= 0.3 is 6.09 Å². The van der Waals surface area contributed by atoms with Gasteiger partial charge in [0.15, 0.2) is 0 Å². The lowest BCUT2D eigenvalue weighted by Gasteiger charge is -2.26.